The zero-order valence-electron chi connectivity index (χ0n) is 10.9. The van der Waals surface area contributed by atoms with Gasteiger partial charge in [0.2, 0.25) is 0 Å². The first-order valence-electron chi connectivity index (χ1n) is 5.74. The van der Waals surface area contributed by atoms with Crippen LogP contribution in [0.5, 0.6) is 5.75 Å². The van der Waals surface area contributed by atoms with E-state index in [1.807, 2.05) is 25.2 Å². The smallest absolute Gasteiger partial charge is 0.123 e. The Bertz CT molecular complexity index is 305. The molecular weight excluding hydrogens is 236 g/mol. The van der Waals surface area contributed by atoms with Gasteiger partial charge in [0.15, 0.2) is 0 Å². The van der Waals surface area contributed by atoms with Gasteiger partial charge in [0.1, 0.15) is 5.75 Å². The third kappa shape index (κ3) is 6.51. The van der Waals surface area contributed by atoms with Crippen LogP contribution in [0.25, 0.3) is 0 Å². The summed E-state index contributed by atoms with van der Waals surface area (Å²) in [7, 11) is 6.10. The maximum absolute atomic E-state index is 5.77. The number of halogens is 1. The van der Waals surface area contributed by atoms with Gasteiger partial charge in [-0.15, -0.1) is 12.4 Å². The highest BCUT2D eigenvalue weighted by atomic mass is 35.5. The highest BCUT2D eigenvalue weighted by molar-refractivity contribution is 5.85. The zero-order chi connectivity index (χ0) is 11.8. The summed E-state index contributed by atoms with van der Waals surface area (Å²) in [6.45, 7) is 2.69. The number of rotatable bonds is 7. The Labute approximate surface area is 111 Å². The van der Waals surface area contributed by atoms with Crippen molar-refractivity contribution in [1.82, 2.24) is 10.2 Å². The van der Waals surface area contributed by atoms with Gasteiger partial charge in [-0.1, -0.05) is 18.2 Å². The molecule has 0 saturated heterocycles. The molecule has 0 saturated carbocycles. The van der Waals surface area contributed by atoms with Gasteiger partial charge >= 0.3 is 0 Å². The second-order valence-corrected chi connectivity index (χ2v) is 4.14. The van der Waals surface area contributed by atoms with Gasteiger partial charge in [0.25, 0.3) is 0 Å². The van der Waals surface area contributed by atoms with Crippen LogP contribution in [-0.2, 0) is 6.54 Å². The monoisotopic (exact) mass is 258 g/mol. The number of nitrogens with zero attached hydrogens (tertiary/aromatic N) is 1. The Balaban J connectivity index is 0.00000256. The van der Waals surface area contributed by atoms with Gasteiger partial charge in [-0.05, 0) is 33.6 Å². The molecule has 0 bridgehead atoms. The number of hydrogen-bond acceptors (Lipinski definition) is 3. The fourth-order valence-electron chi connectivity index (χ4n) is 1.54. The molecular formula is C13H23ClN2O. The van der Waals surface area contributed by atoms with Crippen molar-refractivity contribution >= 4 is 12.4 Å². The number of benzene rings is 1. The molecule has 0 heterocycles. The SMILES string of the molecule is CNCc1ccccc1OCCCN(C)C.Cl. The first-order chi connectivity index (χ1) is 7.74. The van der Waals surface area contributed by atoms with Crippen molar-refractivity contribution in [3.05, 3.63) is 29.8 Å². The normalized spacial score (nSPS) is 10.1. The van der Waals surface area contributed by atoms with Crippen LogP contribution >= 0.6 is 12.4 Å². The minimum Gasteiger partial charge on any atom is -0.493 e. The first kappa shape index (κ1) is 16.2. The Morgan fingerprint density at radius 1 is 1.24 bits per heavy atom. The second-order valence-electron chi connectivity index (χ2n) is 4.14. The third-order valence-corrected chi connectivity index (χ3v) is 2.35. The van der Waals surface area contributed by atoms with Crippen molar-refractivity contribution in [2.75, 3.05) is 34.3 Å². The molecule has 0 amide bonds. The molecule has 0 aromatic heterocycles. The number of hydrogen-bond donors (Lipinski definition) is 1. The number of para-hydroxylation sites is 1. The standard InChI is InChI=1S/C13H22N2O.ClH/c1-14-11-12-7-4-5-8-13(12)16-10-6-9-15(2)3;/h4-5,7-8,14H,6,9-11H2,1-3H3;1H. The molecule has 0 aliphatic rings. The van der Waals surface area contributed by atoms with Crippen molar-refractivity contribution in [3.63, 3.8) is 0 Å². The Morgan fingerprint density at radius 2 is 1.94 bits per heavy atom. The largest absolute Gasteiger partial charge is 0.493 e. The van der Waals surface area contributed by atoms with E-state index < -0.39 is 0 Å². The minimum absolute atomic E-state index is 0. The summed E-state index contributed by atoms with van der Waals surface area (Å²) in [6, 6.07) is 8.18. The maximum atomic E-state index is 5.77. The predicted octanol–water partition coefficient (Wildman–Crippen LogP) is 2.16. The lowest BCUT2D eigenvalue weighted by Crippen LogP contribution is -2.16. The van der Waals surface area contributed by atoms with E-state index in [4.69, 9.17) is 4.74 Å². The van der Waals surface area contributed by atoms with E-state index in [9.17, 15) is 0 Å². The predicted molar refractivity (Wildman–Crippen MR) is 75.1 cm³/mol. The molecule has 1 N–H and O–H groups in total. The Morgan fingerprint density at radius 3 is 2.59 bits per heavy atom. The highest BCUT2D eigenvalue weighted by Crippen LogP contribution is 2.17. The third-order valence-electron chi connectivity index (χ3n) is 2.35. The first-order valence-corrected chi connectivity index (χ1v) is 5.74. The van der Waals surface area contributed by atoms with Crippen LogP contribution in [0.2, 0.25) is 0 Å². The molecule has 0 atom stereocenters. The van der Waals surface area contributed by atoms with Crippen LogP contribution in [0, 0.1) is 0 Å². The van der Waals surface area contributed by atoms with Crippen LogP contribution in [-0.4, -0.2) is 39.2 Å². The lowest BCUT2D eigenvalue weighted by Gasteiger charge is -2.13. The summed E-state index contributed by atoms with van der Waals surface area (Å²) in [5, 5.41) is 3.14. The van der Waals surface area contributed by atoms with Gasteiger partial charge in [0.05, 0.1) is 6.61 Å². The van der Waals surface area contributed by atoms with E-state index in [0.29, 0.717) is 0 Å². The van der Waals surface area contributed by atoms with Crippen LogP contribution in [0.1, 0.15) is 12.0 Å². The molecule has 17 heavy (non-hydrogen) atoms. The van der Waals surface area contributed by atoms with Crippen molar-refractivity contribution in [2.45, 2.75) is 13.0 Å². The van der Waals surface area contributed by atoms with E-state index in [1.54, 1.807) is 0 Å². The van der Waals surface area contributed by atoms with Crippen molar-refractivity contribution < 1.29 is 4.74 Å². The molecule has 1 aromatic carbocycles. The average Bonchev–Trinajstić information content (AvgIpc) is 2.26. The van der Waals surface area contributed by atoms with Crippen LogP contribution in [0.15, 0.2) is 24.3 Å². The van der Waals surface area contributed by atoms with Crippen LogP contribution in [0.4, 0.5) is 0 Å². The summed E-state index contributed by atoms with van der Waals surface area (Å²) in [5.74, 6) is 0.996. The van der Waals surface area contributed by atoms with E-state index in [1.165, 1.54) is 5.56 Å². The molecule has 4 heteroatoms. The Hall–Kier alpha value is -0.770. The molecule has 0 spiro atoms. The lowest BCUT2D eigenvalue weighted by molar-refractivity contribution is 0.279. The molecule has 0 fully saturated rings. The van der Waals surface area contributed by atoms with Crippen molar-refractivity contribution in [1.29, 1.82) is 0 Å². The van der Waals surface area contributed by atoms with Crippen molar-refractivity contribution in [3.8, 4) is 5.75 Å². The molecule has 0 radical (unpaired) electrons. The van der Waals surface area contributed by atoms with Crippen LogP contribution in [0.3, 0.4) is 0 Å². The number of ether oxygens (including phenoxy) is 1. The Kier molecular flexibility index (Phi) is 8.86. The average molecular weight is 259 g/mol. The summed E-state index contributed by atoms with van der Waals surface area (Å²) in [5.41, 5.74) is 1.22. The molecule has 1 rings (SSSR count). The zero-order valence-corrected chi connectivity index (χ0v) is 11.7. The molecule has 0 aliphatic heterocycles. The quantitative estimate of drug-likeness (QED) is 0.759. The minimum atomic E-state index is 0. The van der Waals surface area contributed by atoms with Gasteiger partial charge in [-0.25, -0.2) is 0 Å². The van der Waals surface area contributed by atoms with E-state index in [-0.39, 0.29) is 12.4 Å². The van der Waals surface area contributed by atoms with Crippen molar-refractivity contribution in [2.24, 2.45) is 0 Å². The molecule has 1 aromatic rings. The summed E-state index contributed by atoms with van der Waals surface area (Å²) in [6.07, 6.45) is 1.06. The van der Waals surface area contributed by atoms with Gasteiger partial charge in [0, 0.05) is 18.7 Å². The second kappa shape index (κ2) is 9.28. The fraction of sp³-hybridized carbons (Fsp3) is 0.538. The lowest BCUT2D eigenvalue weighted by atomic mass is 10.2. The van der Waals surface area contributed by atoms with Crippen LogP contribution < -0.4 is 10.1 Å². The fourth-order valence-corrected chi connectivity index (χ4v) is 1.54. The molecule has 3 nitrogen and oxygen atoms in total. The van der Waals surface area contributed by atoms with E-state index in [2.05, 4.69) is 30.4 Å². The van der Waals surface area contributed by atoms with E-state index in [0.717, 1.165) is 31.9 Å². The highest BCUT2D eigenvalue weighted by Gasteiger charge is 2.01. The van der Waals surface area contributed by atoms with Gasteiger partial charge in [-0.3, -0.25) is 0 Å². The summed E-state index contributed by atoms with van der Waals surface area (Å²) >= 11 is 0. The van der Waals surface area contributed by atoms with Gasteiger partial charge < -0.3 is 15.0 Å². The molecule has 0 aliphatic carbocycles. The summed E-state index contributed by atoms with van der Waals surface area (Å²) in [4.78, 5) is 2.17. The summed E-state index contributed by atoms with van der Waals surface area (Å²) < 4.78 is 5.77. The van der Waals surface area contributed by atoms with Gasteiger partial charge in [-0.2, -0.15) is 0 Å². The van der Waals surface area contributed by atoms with E-state index >= 15 is 0 Å². The topological polar surface area (TPSA) is 24.5 Å². The molecule has 0 unspecified atom stereocenters. The number of nitrogens with one attached hydrogen (secondary N) is 1. The molecule has 98 valence electrons. The maximum Gasteiger partial charge on any atom is 0.123 e.